The first-order chi connectivity index (χ1) is 14.0. The Morgan fingerprint density at radius 3 is 2.10 bits per heavy atom. The van der Waals surface area contributed by atoms with Crippen LogP contribution in [0.15, 0.2) is 78.9 Å². The van der Waals surface area contributed by atoms with Gasteiger partial charge in [-0.05, 0) is 36.8 Å². The zero-order valence-corrected chi connectivity index (χ0v) is 15.8. The minimum absolute atomic E-state index is 0.126. The van der Waals surface area contributed by atoms with Crippen molar-refractivity contribution in [2.75, 3.05) is 6.61 Å². The second-order valence-electron chi connectivity index (χ2n) is 6.38. The van der Waals surface area contributed by atoms with Crippen molar-refractivity contribution in [1.82, 2.24) is 10.9 Å². The Labute approximate surface area is 168 Å². The molecule has 3 rings (SSSR count). The predicted molar refractivity (Wildman–Crippen MR) is 109 cm³/mol. The monoisotopic (exact) mass is 388 g/mol. The lowest BCUT2D eigenvalue weighted by Gasteiger charge is -2.09. The molecular weight excluding hydrogens is 368 g/mol. The molecule has 146 valence electrons. The lowest BCUT2D eigenvalue weighted by Crippen LogP contribution is -2.43. The summed E-state index contributed by atoms with van der Waals surface area (Å²) in [7, 11) is 0. The van der Waals surface area contributed by atoms with Gasteiger partial charge in [0.2, 0.25) is 0 Å². The number of ketones is 1. The van der Waals surface area contributed by atoms with E-state index in [1.807, 2.05) is 31.2 Å². The highest BCUT2D eigenvalue weighted by Gasteiger charge is 2.11. The Balaban J connectivity index is 1.50. The second-order valence-corrected chi connectivity index (χ2v) is 6.38. The van der Waals surface area contributed by atoms with Crippen LogP contribution in [0.3, 0.4) is 0 Å². The molecule has 6 heteroatoms. The van der Waals surface area contributed by atoms with Gasteiger partial charge in [-0.2, -0.15) is 0 Å². The van der Waals surface area contributed by atoms with E-state index in [2.05, 4.69) is 10.9 Å². The summed E-state index contributed by atoms with van der Waals surface area (Å²) in [6.07, 6.45) is 0. The Morgan fingerprint density at radius 1 is 0.759 bits per heavy atom. The number of rotatable bonds is 6. The molecule has 3 aromatic carbocycles. The number of hydrogen-bond acceptors (Lipinski definition) is 4. The molecule has 2 N–H and O–H groups in total. The third-order valence-corrected chi connectivity index (χ3v) is 4.12. The van der Waals surface area contributed by atoms with E-state index >= 15 is 0 Å². The summed E-state index contributed by atoms with van der Waals surface area (Å²) < 4.78 is 5.37. The maximum absolute atomic E-state index is 12.4. The number of nitrogens with one attached hydrogen (secondary N) is 2. The Bertz CT molecular complexity index is 1010. The standard InChI is InChI=1S/C23H20N2O4/c1-16-6-5-9-20(14-16)29-15-21(26)24-25-23(28)19-12-10-18(11-13-19)22(27)17-7-3-2-4-8-17/h2-14H,15H2,1H3,(H,24,26)(H,25,28). The SMILES string of the molecule is Cc1cccc(OCC(=O)NNC(=O)c2ccc(C(=O)c3ccccc3)cc2)c1. The van der Waals surface area contributed by atoms with Crippen molar-refractivity contribution < 1.29 is 19.1 Å². The van der Waals surface area contributed by atoms with Crippen molar-refractivity contribution in [3.05, 3.63) is 101 Å². The van der Waals surface area contributed by atoms with E-state index in [1.54, 1.807) is 42.5 Å². The first-order valence-corrected chi connectivity index (χ1v) is 9.01. The summed E-state index contributed by atoms with van der Waals surface area (Å²) in [5, 5.41) is 0. The Hall–Kier alpha value is -3.93. The van der Waals surface area contributed by atoms with Gasteiger partial charge in [-0.25, -0.2) is 0 Å². The number of aryl methyl sites for hydroxylation is 1. The van der Waals surface area contributed by atoms with Crippen LogP contribution in [-0.4, -0.2) is 24.2 Å². The van der Waals surface area contributed by atoms with Gasteiger partial charge in [0.05, 0.1) is 0 Å². The number of carbonyl (C=O) groups is 3. The fourth-order valence-corrected chi connectivity index (χ4v) is 2.62. The van der Waals surface area contributed by atoms with Gasteiger partial charge in [-0.15, -0.1) is 0 Å². The second kappa shape index (κ2) is 9.32. The molecule has 2 amide bonds. The molecule has 0 saturated carbocycles. The van der Waals surface area contributed by atoms with Gasteiger partial charge in [0.1, 0.15) is 5.75 Å². The fourth-order valence-electron chi connectivity index (χ4n) is 2.62. The topological polar surface area (TPSA) is 84.5 Å². The third kappa shape index (κ3) is 5.52. The van der Waals surface area contributed by atoms with Crippen LogP contribution in [0, 0.1) is 6.92 Å². The summed E-state index contributed by atoms with van der Waals surface area (Å²) in [5.41, 5.74) is 7.01. The van der Waals surface area contributed by atoms with Crippen LogP contribution in [0.1, 0.15) is 31.8 Å². The largest absolute Gasteiger partial charge is 0.484 e. The number of hydrazine groups is 1. The van der Waals surface area contributed by atoms with Crippen LogP contribution in [0.25, 0.3) is 0 Å². The van der Waals surface area contributed by atoms with Gasteiger partial charge in [0, 0.05) is 16.7 Å². The zero-order chi connectivity index (χ0) is 20.6. The average molecular weight is 388 g/mol. The number of hydrogen-bond donors (Lipinski definition) is 2. The van der Waals surface area contributed by atoms with Crippen molar-refractivity contribution in [3.63, 3.8) is 0 Å². The van der Waals surface area contributed by atoms with Gasteiger partial charge in [-0.3, -0.25) is 25.2 Å². The van der Waals surface area contributed by atoms with Crippen molar-refractivity contribution in [2.24, 2.45) is 0 Å². The first kappa shape index (κ1) is 19.8. The van der Waals surface area contributed by atoms with Crippen LogP contribution in [-0.2, 0) is 4.79 Å². The lowest BCUT2D eigenvalue weighted by molar-refractivity contribution is -0.123. The minimum Gasteiger partial charge on any atom is -0.484 e. The van der Waals surface area contributed by atoms with E-state index < -0.39 is 11.8 Å². The Kier molecular flexibility index (Phi) is 6.37. The minimum atomic E-state index is -0.493. The number of amides is 2. The smallest absolute Gasteiger partial charge is 0.276 e. The summed E-state index contributed by atoms with van der Waals surface area (Å²) >= 11 is 0. The molecule has 0 spiro atoms. The molecule has 29 heavy (non-hydrogen) atoms. The van der Waals surface area contributed by atoms with Crippen molar-refractivity contribution >= 4 is 17.6 Å². The summed E-state index contributed by atoms with van der Waals surface area (Å²) in [4.78, 5) is 36.4. The van der Waals surface area contributed by atoms with Gasteiger partial charge < -0.3 is 4.74 Å². The van der Waals surface area contributed by atoms with Crippen LogP contribution in [0.5, 0.6) is 5.75 Å². The van der Waals surface area contributed by atoms with E-state index in [-0.39, 0.29) is 12.4 Å². The molecule has 0 fully saturated rings. The number of ether oxygens (including phenoxy) is 1. The lowest BCUT2D eigenvalue weighted by atomic mass is 10.0. The highest BCUT2D eigenvalue weighted by molar-refractivity contribution is 6.09. The Morgan fingerprint density at radius 2 is 1.41 bits per heavy atom. The van der Waals surface area contributed by atoms with E-state index in [4.69, 9.17) is 4.74 Å². The van der Waals surface area contributed by atoms with E-state index in [0.29, 0.717) is 22.4 Å². The van der Waals surface area contributed by atoms with Crippen molar-refractivity contribution in [2.45, 2.75) is 6.92 Å². The van der Waals surface area contributed by atoms with Crippen LogP contribution in [0.4, 0.5) is 0 Å². The maximum Gasteiger partial charge on any atom is 0.276 e. The van der Waals surface area contributed by atoms with Crippen LogP contribution >= 0.6 is 0 Å². The molecule has 0 unspecified atom stereocenters. The van der Waals surface area contributed by atoms with Gasteiger partial charge in [-0.1, -0.05) is 54.6 Å². The molecule has 0 bridgehead atoms. The van der Waals surface area contributed by atoms with E-state index in [0.717, 1.165) is 5.56 Å². The summed E-state index contributed by atoms with van der Waals surface area (Å²) in [5.74, 6) is -0.535. The normalized spacial score (nSPS) is 10.1. The fraction of sp³-hybridized carbons (Fsp3) is 0.0870. The van der Waals surface area contributed by atoms with Gasteiger partial charge in [0.15, 0.2) is 12.4 Å². The quantitative estimate of drug-likeness (QED) is 0.502. The van der Waals surface area contributed by atoms with E-state index in [1.165, 1.54) is 12.1 Å². The molecule has 0 aromatic heterocycles. The number of benzene rings is 3. The maximum atomic E-state index is 12.4. The number of carbonyl (C=O) groups excluding carboxylic acids is 3. The van der Waals surface area contributed by atoms with Crippen molar-refractivity contribution in [1.29, 1.82) is 0 Å². The molecule has 0 heterocycles. The molecule has 0 aliphatic carbocycles. The summed E-state index contributed by atoms with van der Waals surface area (Å²) in [6.45, 7) is 1.69. The molecule has 6 nitrogen and oxygen atoms in total. The average Bonchev–Trinajstić information content (AvgIpc) is 2.76. The van der Waals surface area contributed by atoms with Crippen molar-refractivity contribution in [3.8, 4) is 5.75 Å². The van der Waals surface area contributed by atoms with Crippen LogP contribution in [0.2, 0.25) is 0 Å². The molecule has 0 radical (unpaired) electrons. The van der Waals surface area contributed by atoms with Crippen LogP contribution < -0.4 is 15.6 Å². The first-order valence-electron chi connectivity index (χ1n) is 9.01. The molecule has 0 atom stereocenters. The molecule has 3 aromatic rings. The highest BCUT2D eigenvalue weighted by Crippen LogP contribution is 2.12. The molecular formula is C23H20N2O4. The molecule has 0 aliphatic rings. The highest BCUT2D eigenvalue weighted by atomic mass is 16.5. The third-order valence-electron chi connectivity index (χ3n) is 4.12. The molecule has 0 saturated heterocycles. The zero-order valence-electron chi connectivity index (χ0n) is 15.8. The van der Waals surface area contributed by atoms with E-state index in [9.17, 15) is 14.4 Å². The summed E-state index contributed by atoms with van der Waals surface area (Å²) in [6, 6.07) is 22.4. The predicted octanol–water partition coefficient (Wildman–Crippen LogP) is 3.07. The van der Waals surface area contributed by atoms with Gasteiger partial charge in [0.25, 0.3) is 11.8 Å². The van der Waals surface area contributed by atoms with Gasteiger partial charge >= 0.3 is 0 Å². The molecule has 0 aliphatic heterocycles.